The molecule has 0 amide bonds. The summed E-state index contributed by atoms with van der Waals surface area (Å²) in [5.74, 6) is 0.766. The fraction of sp³-hybridized carbons (Fsp3) is 0.583. The molecule has 3 nitrogen and oxygen atoms in total. The maximum atomic E-state index is 12.8. The van der Waals surface area contributed by atoms with Gasteiger partial charge in [0.15, 0.2) is 5.78 Å². The van der Waals surface area contributed by atoms with Gasteiger partial charge in [-0.2, -0.15) is 0 Å². The van der Waals surface area contributed by atoms with Crippen LogP contribution in [0.5, 0.6) is 0 Å². The Morgan fingerprint density at radius 3 is 1.72 bits per heavy atom. The molecular weight excluding hydrogens is 480 g/mol. The smallest absolute Gasteiger partial charge is 0.163 e. The zero-order valence-corrected chi connectivity index (χ0v) is 26.6. The van der Waals surface area contributed by atoms with Gasteiger partial charge in [-0.1, -0.05) is 38.8 Å². The number of Topliss-reactive ketones (excluding diaryl/α,β-unsaturated/α-hetero) is 3. The van der Waals surface area contributed by atoms with E-state index in [-0.39, 0.29) is 35.6 Å². The molecule has 0 spiro atoms. The standard InChI is InChI=1S/C24H34O3.C12H18/c1-6-8-19(20(7-2)22(26)11-17(5)25)12-18-13-21-15(3)9-10-16(4)24(21)23(27)14-18;1-7-8(2)10(4)12(6)11(5)9(7)3/h9-10,18-20H,6-8,11-14H2,1-5H3;1-6H3. The van der Waals surface area contributed by atoms with Crippen molar-refractivity contribution in [2.75, 3.05) is 0 Å². The van der Waals surface area contributed by atoms with E-state index in [4.69, 9.17) is 0 Å². The number of benzene rings is 2. The molecule has 0 radical (unpaired) electrons. The van der Waals surface area contributed by atoms with Gasteiger partial charge in [-0.3, -0.25) is 14.4 Å². The van der Waals surface area contributed by atoms with Crippen molar-refractivity contribution in [2.24, 2.45) is 17.8 Å². The summed E-state index contributed by atoms with van der Waals surface area (Å²) >= 11 is 0. The van der Waals surface area contributed by atoms with Gasteiger partial charge < -0.3 is 0 Å². The van der Waals surface area contributed by atoms with Crippen molar-refractivity contribution in [2.45, 2.75) is 121 Å². The third kappa shape index (κ3) is 7.77. The first-order valence-electron chi connectivity index (χ1n) is 14.9. The largest absolute Gasteiger partial charge is 0.300 e. The molecule has 1 aliphatic rings. The summed E-state index contributed by atoms with van der Waals surface area (Å²) < 4.78 is 0. The van der Waals surface area contributed by atoms with Crippen LogP contribution in [0.3, 0.4) is 0 Å². The second-order valence-electron chi connectivity index (χ2n) is 12.1. The Labute approximate surface area is 238 Å². The highest BCUT2D eigenvalue weighted by Gasteiger charge is 2.33. The Bertz CT molecular complexity index is 1110. The van der Waals surface area contributed by atoms with Crippen LogP contribution >= 0.6 is 0 Å². The Kier molecular flexibility index (Phi) is 11.9. The number of hydrogen-bond donors (Lipinski definition) is 0. The van der Waals surface area contributed by atoms with Gasteiger partial charge in [-0.25, -0.2) is 0 Å². The zero-order valence-electron chi connectivity index (χ0n) is 26.6. The number of hydrogen-bond acceptors (Lipinski definition) is 3. The summed E-state index contributed by atoms with van der Waals surface area (Å²) in [6.45, 7) is 23.1. The van der Waals surface area contributed by atoms with Gasteiger partial charge in [0.05, 0.1) is 6.42 Å². The number of carbonyl (C=O) groups excluding carboxylic acids is 3. The van der Waals surface area contributed by atoms with Gasteiger partial charge in [0, 0.05) is 17.9 Å². The van der Waals surface area contributed by atoms with Crippen LogP contribution in [0, 0.1) is 73.1 Å². The van der Waals surface area contributed by atoms with Crippen molar-refractivity contribution in [1.29, 1.82) is 0 Å². The van der Waals surface area contributed by atoms with E-state index in [1.165, 1.54) is 51.4 Å². The molecule has 0 saturated heterocycles. The minimum absolute atomic E-state index is 0.0451. The van der Waals surface area contributed by atoms with E-state index in [2.05, 4.69) is 61.5 Å². The molecule has 3 unspecified atom stereocenters. The molecule has 0 aliphatic heterocycles. The second-order valence-corrected chi connectivity index (χ2v) is 12.1. The number of carbonyl (C=O) groups is 3. The maximum absolute atomic E-state index is 12.8. The van der Waals surface area contributed by atoms with Gasteiger partial charge in [0.2, 0.25) is 0 Å². The summed E-state index contributed by atoms with van der Waals surface area (Å²) in [6, 6.07) is 4.15. The lowest BCUT2D eigenvalue weighted by atomic mass is 9.71. The monoisotopic (exact) mass is 532 g/mol. The van der Waals surface area contributed by atoms with Crippen molar-refractivity contribution >= 4 is 17.3 Å². The fourth-order valence-corrected chi connectivity index (χ4v) is 6.58. The van der Waals surface area contributed by atoms with Gasteiger partial charge in [0.25, 0.3) is 0 Å². The van der Waals surface area contributed by atoms with Crippen LogP contribution < -0.4 is 0 Å². The molecule has 3 heteroatoms. The Morgan fingerprint density at radius 2 is 1.28 bits per heavy atom. The SMILES string of the molecule is CCCC(CC1CC(=O)c2c(C)ccc(C)c2C1)C(CC)C(=O)CC(C)=O.Cc1c(C)c(C)c(C)c(C)c1C. The lowest BCUT2D eigenvalue weighted by Crippen LogP contribution is -2.30. The number of fused-ring (bicyclic) bond motifs is 1. The molecule has 3 atom stereocenters. The van der Waals surface area contributed by atoms with Crippen LogP contribution in [-0.4, -0.2) is 17.3 Å². The molecule has 2 aromatic rings. The minimum atomic E-state index is -0.0658. The Hall–Kier alpha value is -2.55. The highest BCUT2D eigenvalue weighted by atomic mass is 16.1. The van der Waals surface area contributed by atoms with Gasteiger partial charge in [-0.15, -0.1) is 0 Å². The molecule has 0 aromatic heterocycles. The summed E-state index contributed by atoms with van der Waals surface area (Å²) in [7, 11) is 0. The molecule has 3 rings (SSSR count). The van der Waals surface area contributed by atoms with E-state index in [0.717, 1.165) is 43.2 Å². The minimum Gasteiger partial charge on any atom is -0.300 e. The predicted octanol–water partition coefficient (Wildman–Crippen LogP) is 8.97. The zero-order chi connectivity index (χ0) is 29.6. The summed E-state index contributed by atoms with van der Waals surface area (Å²) in [5, 5.41) is 0. The first kappa shape index (κ1) is 32.7. The van der Waals surface area contributed by atoms with Crippen LogP contribution in [0.1, 0.15) is 120 Å². The van der Waals surface area contributed by atoms with Crippen molar-refractivity contribution in [3.05, 3.63) is 67.8 Å². The molecule has 0 heterocycles. The average molecular weight is 533 g/mol. The van der Waals surface area contributed by atoms with Crippen molar-refractivity contribution in [3.63, 3.8) is 0 Å². The highest BCUT2D eigenvalue weighted by Crippen LogP contribution is 2.37. The first-order chi connectivity index (χ1) is 18.2. The molecule has 2 aromatic carbocycles. The normalized spacial score (nSPS) is 16.2. The first-order valence-corrected chi connectivity index (χ1v) is 14.9. The van der Waals surface area contributed by atoms with E-state index in [1.807, 2.05) is 19.9 Å². The van der Waals surface area contributed by atoms with Crippen molar-refractivity contribution < 1.29 is 14.4 Å². The van der Waals surface area contributed by atoms with Crippen molar-refractivity contribution in [3.8, 4) is 0 Å². The Balaban J connectivity index is 0.000000370. The lowest BCUT2D eigenvalue weighted by molar-refractivity contribution is -0.129. The number of ketones is 3. The summed E-state index contributed by atoms with van der Waals surface area (Å²) in [6.07, 6.45) is 5.21. The Morgan fingerprint density at radius 1 is 0.795 bits per heavy atom. The van der Waals surface area contributed by atoms with E-state index in [0.29, 0.717) is 12.3 Å². The molecule has 0 fully saturated rings. The predicted molar refractivity (Wildman–Crippen MR) is 164 cm³/mol. The molecule has 0 saturated carbocycles. The van der Waals surface area contributed by atoms with E-state index in [1.54, 1.807) is 0 Å². The summed E-state index contributed by atoms with van der Waals surface area (Å²) in [5.41, 5.74) is 13.1. The van der Waals surface area contributed by atoms with Crippen LogP contribution in [0.25, 0.3) is 0 Å². The number of rotatable bonds is 9. The third-order valence-electron chi connectivity index (χ3n) is 9.52. The fourth-order valence-electron chi connectivity index (χ4n) is 6.58. The van der Waals surface area contributed by atoms with E-state index < -0.39 is 0 Å². The summed E-state index contributed by atoms with van der Waals surface area (Å²) in [4.78, 5) is 36.9. The van der Waals surface area contributed by atoms with Gasteiger partial charge in [0.1, 0.15) is 11.6 Å². The van der Waals surface area contributed by atoms with E-state index in [9.17, 15) is 14.4 Å². The van der Waals surface area contributed by atoms with Crippen LogP contribution in [-0.2, 0) is 16.0 Å². The van der Waals surface area contributed by atoms with Crippen LogP contribution in [0.2, 0.25) is 0 Å². The second kappa shape index (κ2) is 14.2. The highest BCUT2D eigenvalue weighted by molar-refractivity contribution is 6.00. The molecule has 0 bridgehead atoms. The maximum Gasteiger partial charge on any atom is 0.163 e. The quantitative estimate of drug-likeness (QED) is 0.303. The molecule has 214 valence electrons. The van der Waals surface area contributed by atoms with Crippen LogP contribution in [0.15, 0.2) is 12.1 Å². The van der Waals surface area contributed by atoms with Gasteiger partial charge in [-0.05, 0) is 143 Å². The van der Waals surface area contributed by atoms with E-state index >= 15 is 0 Å². The number of aryl methyl sites for hydroxylation is 2. The molecule has 39 heavy (non-hydrogen) atoms. The molecule has 1 aliphatic carbocycles. The third-order valence-corrected chi connectivity index (χ3v) is 9.52. The van der Waals surface area contributed by atoms with Crippen LogP contribution in [0.4, 0.5) is 0 Å². The van der Waals surface area contributed by atoms with Crippen molar-refractivity contribution in [1.82, 2.24) is 0 Å². The lowest BCUT2D eigenvalue weighted by Gasteiger charge is -2.32. The molecule has 0 N–H and O–H groups in total. The topological polar surface area (TPSA) is 51.2 Å². The van der Waals surface area contributed by atoms with Gasteiger partial charge >= 0.3 is 0 Å². The average Bonchev–Trinajstić information content (AvgIpc) is 2.87. The molecular formula is C36H52O3.